The smallest absolute Gasteiger partial charge is 0.128 e. The number of ether oxygens (including phenoxy) is 1. The lowest BCUT2D eigenvalue weighted by Crippen LogP contribution is -2.32. The Morgan fingerprint density at radius 1 is 0.955 bits per heavy atom. The van der Waals surface area contributed by atoms with Crippen molar-refractivity contribution in [1.82, 2.24) is 4.90 Å². The van der Waals surface area contributed by atoms with Gasteiger partial charge in [0.2, 0.25) is 0 Å². The largest absolute Gasteiger partial charge is 0.493 e. The zero-order valence-corrected chi connectivity index (χ0v) is 13.9. The molecule has 0 saturated carbocycles. The molecule has 3 nitrogen and oxygen atoms in total. The van der Waals surface area contributed by atoms with Gasteiger partial charge >= 0.3 is 0 Å². The third kappa shape index (κ3) is 3.41. The number of benzene rings is 2. The Morgan fingerprint density at radius 2 is 1.59 bits per heavy atom. The van der Waals surface area contributed by atoms with Crippen LogP contribution in [0.4, 0.5) is 0 Å². The third-order valence-electron chi connectivity index (χ3n) is 3.74. The van der Waals surface area contributed by atoms with Gasteiger partial charge in [0.25, 0.3) is 0 Å². The highest BCUT2D eigenvalue weighted by atomic mass is 16.5. The van der Waals surface area contributed by atoms with Gasteiger partial charge in [0.1, 0.15) is 11.6 Å². The average Bonchev–Trinajstić information content (AvgIpc) is 2.54. The molecule has 0 aromatic heterocycles. The van der Waals surface area contributed by atoms with E-state index in [4.69, 9.17) is 10.1 Å². The molecule has 0 spiro atoms. The molecule has 0 saturated heterocycles. The topological polar surface area (TPSA) is 36.3 Å². The summed E-state index contributed by atoms with van der Waals surface area (Å²) in [4.78, 5) is 2.17. The van der Waals surface area contributed by atoms with Crippen LogP contribution < -0.4 is 4.74 Å². The molecular formula is C19H26N2O. The van der Waals surface area contributed by atoms with Crippen LogP contribution in [0.15, 0.2) is 36.4 Å². The first-order valence-electron chi connectivity index (χ1n) is 8.21. The van der Waals surface area contributed by atoms with Crippen LogP contribution >= 0.6 is 0 Å². The molecule has 0 radical (unpaired) electrons. The van der Waals surface area contributed by atoms with Crippen LogP contribution in [0.5, 0.6) is 5.75 Å². The molecule has 0 fully saturated rings. The number of hydrogen-bond donors (Lipinski definition) is 1. The van der Waals surface area contributed by atoms with Crippen molar-refractivity contribution in [3.05, 3.63) is 42.0 Å². The fraction of sp³-hybridized carbons (Fsp3) is 0.421. The fourth-order valence-corrected chi connectivity index (χ4v) is 2.80. The number of amidine groups is 1. The van der Waals surface area contributed by atoms with Gasteiger partial charge in [-0.05, 0) is 37.3 Å². The predicted molar refractivity (Wildman–Crippen MR) is 94.1 cm³/mol. The Bertz CT molecular complexity index is 630. The van der Waals surface area contributed by atoms with E-state index in [-0.39, 0.29) is 0 Å². The van der Waals surface area contributed by atoms with Crippen molar-refractivity contribution in [2.24, 2.45) is 0 Å². The molecule has 0 atom stereocenters. The first-order chi connectivity index (χ1) is 10.7. The van der Waals surface area contributed by atoms with Crippen molar-refractivity contribution in [2.45, 2.75) is 33.6 Å². The lowest BCUT2D eigenvalue weighted by atomic mass is 10.0. The molecule has 118 valence electrons. The molecule has 0 amide bonds. The lowest BCUT2D eigenvalue weighted by molar-refractivity contribution is 0.344. The quantitative estimate of drug-likeness (QED) is 0.595. The van der Waals surface area contributed by atoms with E-state index in [1.165, 1.54) is 0 Å². The lowest BCUT2D eigenvalue weighted by Gasteiger charge is -2.25. The van der Waals surface area contributed by atoms with E-state index < -0.39 is 0 Å². The first-order valence-corrected chi connectivity index (χ1v) is 8.21. The number of rotatable bonds is 7. The van der Waals surface area contributed by atoms with Crippen LogP contribution in [0, 0.1) is 5.41 Å². The molecule has 3 heteroatoms. The summed E-state index contributed by atoms with van der Waals surface area (Å²) in [6.07, 6.45) is 2.11. The summed E-state index contributed by atoms with van der Waals surface area (Å²) in [7, 11) is 0. The van der Waals surface area contributed by atoms with E-state index in [1.54, 1.807) is 0 Å². The van der Waals surface area contributed by atoms with E-state index in [9.17, 15) is 0 Å². The van der Waals surface area contributed by atoms with Crippen LogP contribution in [-0.2, 0) is 0 Å². The minimum Gasteiger partial charge on any atom is -0.493 e. The second-order valence-electron chi connectivity index (χ2n) is 5.43. The monoisotopic (exact) mass is 298 g/mol. The van der Waals surface area contributed by atoms with Crippen molar-refractivity contribution >= 4 is 16.6 Å². The molecule has 2 rings (SSSR count). The Morgan fingerprint density at radius 3 is 2.18 bits per heavy atom. The normalized spacial score (nSPS) is 10.7. The SMILES string of the molecule is CCCN(CCC)C(=N)c1ccc(OCC)c2ccccc12. The summed E-state index contributed by atoms with van der Waals surface area (Å²) < 4.78 is 5.73. The summed E-state index contributed by atoms with van der Waals surface area (Å²) >= 11 is 0. The number of fused-ring (bicyclic) bond motifs is 1. The van der Waals surface area contributed by atoms with Crippen LogP contribution in [0.1, 0.15) is 39.2 Å². The van der Waals surface area contributed by atoms with Crippen molar-refractivity contribution in [3.63, 3.8) is 0 Å². The van der Waals surface area contributed by atoms with Crippen molar-refractivity contribution < 1.29 is 4.74 Å². The van der Waals surface area contributed by atoms with Gasteiger partial charge in [0.05, 0.1) is 6.61 Å². The molecule has 0 unspecified atom stereocenters. The van der Waals surface area contributed by atoms with Crippen LogP contribution in [0.25, 0.3) is 10.8 Å². The first kappa shape index (κ1) is 16.3. The zero-order valence-electron chi connectivity index (χ0n) is 13.9. The van der Waals surface area contributed by atoms with Crippen LogP contribution in [0.3, 0.4) is 0 Å². The van der Waals surface area contributed by atoms with E-state index in [1.807, 2.05) is 31.2 Å². The van der Waals surface area contributed by atoms with Gasteiger partial charge in [-0.3, -0.25) is 5.41 Å². The highest BCUT2D eigenvalue weighted by Crippen LogP contribution is 2.29. The van der Waals surface area contributed by atoms with Gasteiger partial charge in [-0.15, -0.1) is 0 Å². The van der Waals surface area contributed by atoms with E-state index in [2.05, 4.69) is 30.9 Å². The second kappa shape index (κ2) is 7.83. The third-order valence-corrected chi connectivity index (χ3v) is 3.74. The summed E-state index contributed by atoms with van der Waals surface area (Å²) in [5, 5.41) is 10.8. The molecule has 2 aromatic carbocycles. The zero-order chi connectivity index (χ0) is 15.9. The predicted octanol–water partition coefficient (Wildman–Crippen LogP) is 4.69. The second-order valence-corrected chi connectivity index (χ2v) is 5.43. The molecule has 0 bridgehead atoms. The van der Waals surface area contributed by atoms with Crippen molar-refractivity contribution in [2.75, 3.05) is 19.7 Å². The maximum atomic E-state index is 8.63. The van der Waals surface area contributed by atoms with Gasteiger partial charge in [-0.2, -0.15) is 0 Å². The highest BCUT2D eigenvalue weighted by molar-refractivity contribution is 6.09. The van der Waals surface area contributed by atoms with Crippen LogP contribution in [-0.4, -0.2) is 30.4 Å². The van der Waals surface area contributed by atoms with E-state index in [0.29, 0.717) is 12.4 Å². The Kier molecular flexibility index (Phi) is 5.82. The Hall–Kier alpha value is -2.03. The minimum atomic E-state index is 0.614. The number of hydrogen-bond acceptors (Lipinski definition) is 2. The van der Waals surface area contributed by atoms with Crippen molar-refractivity contribution in [1.29, 1.82) is 5.41 Å². The molecule has 2 aromatic rings. The van der Waals surface area contributed by atoms with Gasteiger partial charge < -0.3 is 9.64 Å². The Labute approximate surface area is 133 Å². The van der Waals surface area contributed by atoms with Crippen molar-refractivity contribution in [3.8, 4) is 5.75 Å². The molecule has 0 aliphatic heterocycles. The van der Waals surface area contributed by atoms with Gasteiger partial charge in [0.15, 0.2) is 0 Å². The van der Waals surface area contributed by atoms with E-state index >= 15 is 0 Å². The Balaban J connectivity index is 2.46. The molecule has 0 aliphatic rings. The molecular weight excluding hydrogens is 272 g/mol. The molecule has 0 heterocycles. The summed E-state index contributed by atoms with van der Waals surface area (Å²) in [5.74, 6) is 1.51. The standard InChI is InChI=1S/C19H26N2O/c1-4-13-21(14-5-2)19(20)17-11-12-18(22-6-3)16-10-8-7-9-15(16)17/h7-12,20H,4-6,13-14H2,1-3H3. The van der Waals surface area contributed by atoms with E-state index in [0.717, 1.165) is 48.0 Å². The fourth-order valence-electron chi connectivity index (χ4n) is 2.80. The van der Waals surface area contributed by atoms with Gasteiger partial charge in [-0.1, -0.05) is 38.1 Å². The van der Waals surface area contributed by atoms with Gasteiger partial charge in [0, 0.05) is 24.0 Å². The van der Waals surface area contributed by atoms with Gasteiger partial charge in [-0.25, -0.2) is 0 Å². The maximum Gasteiger partial charge on any atom is 0.128 e. The average molecular weight is 298 g/mol. The maximum absolute atomic E-state index is 8.63. The van der Waals surface area contributed by atoms with Crippen LogP contribution in [0.2, 0.25) is 0 Å². The summed E-state index contributed by atoms with van der Waals surface area (Å²) in [5.41, 5.74) is 0.987. The molecule has 0 aliphatic carbocycles. The molecule has 1 N–H and O–H groups in total. The summed E-state index contributed by atoms with van der Waals surface area (Å²) in [6, 6.07) is 12.2. The molecule has 22 heavy (non-hydrogen) atoms. The highest BCUT2D eigenvalue weighted by Gasteiger charge is 2.15. The number of nitrogens with zero attached hydrogens (tertiary/aromatic N) is 1. The number of nitrogens with one attached hydrogen (secondary N) is 1. The minimum absolute atomic E-state index is 0.614. The summed E-state index contributed by atoms with van der Waals surface area (Å²) in [6.45, 7) is 8.81.